The van der Waals surface area contributed by atoms with Crippen LogP contribution in [0.1, 0.15) is 156 Å². The van der Waals surface area contributed by atoms with Crippen molar-refractivity contribution in [1.82, 2.24) is 26.6 Å². The van der Waals surface area contributed by atoms with Crippen molar-refractivity contribution in [3.8, 4) is 16.9 Å². The summed E-state index contributed by atoms with van der Waals surface area (Å²) >= 11 is 0. The Morgan fingerprint density at radius 1 is 0.624 bits per heavy atom. The molecule has 0 aliphatic rings. The first kappa shape index (κ1) is 79.4. The fourth-order valence-corrected chi connectivity index (χ4v) is 10.2. The number of hydrogen-bond acceptors (Lipinski definition) is 15. The summed E-state index contributed by atoms with van der Waals surface area (Å²) in [6.07, 6.45) is -4.07. The van der Waals surface area contributed by atoms with Gasteiger partial charge in [-0.15, -0.1) is 0 Å². The Balaban J connectivity index is 0.00000358. The molecule has 20 nitrogen and oxygen atoms in total. The number of aliphatic carboxylic acids is 1. The Bertz CT molecular complexity index is 3130. The van der Waals surface area contributed by atoms with E-state index in [-0.39, 0.29) is 49.2 Å². The third-order valence-electron chi connectivity index (χ3n) is 16.7. The summed E-state index contributed by atoms with van der Waals surface area (Å²) in [5, 5.41) is 55.1. The summed E-state index contributed by atoms with van der Waals surface area (Å²) < 4.78 is 20.7. The van der Waals surface area contributed by atoms with Crippen LogP contribution in [0, 0.1) is 28.5 Å². The molecule has 4 amide bonds. The second kappa shape index (κ2) is 39.0. The molecule has 0 fully saturated rings. The minimum absolute atomic E-state index is 0.0395. The van der Waals surface area contributed by atoms with Gasteiger partial charge < -0.3 is 51.7 Å². The zero-order valence-electron chi connectivity index (χ0n) is 56.2. The number of hydrogen-bond donors (Lipinski definition) is 9. The number of methoxy groups -OCH3 is 1. The van der Waals surface area contributed by atoms with Gasteiger partial charge in [0.25, 0.3) is 0 Å². The van der Waals surface area contributed by atoms with Gasteiger partial charge in [-0.1, -0.05) is 134 Å². The smallest absolute Gasteiger partial charge is 0.305 e. The molecule has 510 valence electrons. The van der Waals surface area contributed by atoms with E-state index >= 15 is 4.39 Å². The van der Waals surface area contributed by atoms with E-state index in [4.69, 9.17) is 4.74 Å². The highest BCUT2D eigenvalue weighted by Crippen LogP contribution is 2.32. The number of aryl methyl sites for hydroxylation is 2. The van der Waals surface area contributed by atoms with Crippen LogP contribution in [0.25, 0.3) is 11.1 Å². The average molecular weight is 1290 g/mol. The molecule has 0 aromatic heterocycles. The molecule has 10 atom stereocenters. The van der Waals surface area contributed by atoms with Gasteiger partial charge in [-0.05, 0) is 123 Å². The van der Waals surface area contributed by atoms with Crippen LogP contribution in [-0.4, -0.2) is 142 Å². The molecule has 1 unspecified atom stereocenters. The first-order valence-corrected chi connectivity index (χ1v) is 32.1. The maximum atomic E-state index is 15.3. The van der Waals surface area contributed by atoms with Gasteiger partial charge in [0.15, 0.2) is 23.1 Å². The molecule has 0 aliphatic heterocycles. The number of likely N-dealkylation sites (N-methyl/N-ethyl adjacent to an activating group) is 1. The van der Waals surface area contributed by atoms with Gasteiger partial charge in [-0.2, -0.15) is 0 Å². The van der Waals surface area contributed by atoms with Crippen molar-refractivity contribution in [2.75, 3.05) is 20.8 Å². The number of ether oxygens (including phenoxy) is 1. The van der Waals surface area contributed by atoms with E-state index in [0.29, 0.717) is 36.0 Å². The maximum absolute atomic E-state index is 15.3. The normalized spacial score (nSPS) is 14.9. The predicted octanol–water partition coefficient (Wildman–Crippen LogP) is 7.53. The van der Waals surface area contributed by atoms with Gasteiger partial charge in [-0.3, -0.25) is 47.9 Å². The van der Waals surface area contributed by atoms with Gasteiger partial charge in [0, 0.05) is 44.4 Å². The third-order valence-corrected chi connectivity index (χ3v) is 16.7. The molecule has 0 spiro atoms. The number of aliphatic hydroxyl groups is 3. The van der Waals surface area contributed by atoms with Crippen molar-refractivity contribution in [3.05, 3.63) is 125 Å². The topological polar surface area (TPSA) is 321 Å². The van der Waals surface area contributed by atoms with Gasteiger partial charge >= 0.3 is 5.97 Å². The van der Waals surface area contributed by atoms with Crippen molar-refractivity contribution in [3.63, 3.8) is 0 Å². The molecule has 0 radical (unpaired) electrons. The quantitative estimate of drug-likeness (QED) is 0.0208. The molecule has 0 aliphatic carbocycles. The molecule has 0 saturated heterocycles. The number of nitrogens with one attached hydrogen (secondary N) is 5. The fraction of sp³-hybridized carbons (Fsp3) is 0.528. The number of carboxylic acid groups (broad SMARTS) is 1. The van der Waals surface area contributed by atoms with Gasteiger partial charge in [0.2, 0.25) is 23.6 Å². The fourth-order valence-electron chi connectivity index (χ4n) is 10.2. The Kier molecular flexibility index (Phi) is 33.3. The second-order valence-corrected chi connectivity index (χ2v) is 25.5. The van der Waals surface area contributed by atoms with Crippen LogP contribution in [-0.2, 0) is 73.6 Å². The first-order chi connectivity index (χ1) is 43.8. The van der Waals surface area contributed by atoms with E-state index < -0.39 is 151 Å². The van der Waals surface area contributed by atoms with E-state index in [9.17, 15) is 68.4 Å². The Morgan fingerprint density at radius 2 is 1.20 bits per heavy atom. The number of carbonyl (C=O) groups is 10. The highest BCUT2D eigenvalue weighted by molar-refractivity contribution is 5.99. The zero-order valence-corrected chi connectivity index (χ0v) is 56.2. The lowest BCUT2D eigenvalue weighted by Crippen LogP contribution is -2.55. The third kappa shape index (κ3) is 26.6. The minimum atomic E-state index is -1.97. The van der Waals surface area contributed by atoms with E-state index in [1.165, 1.54) is 38.5 Å². The van der Waals surface area contributed by atoms with E-state index in [0.717, 1.165) is 35.2 Å². The summed E-state index contributed by atoms with van der Waals surface area (Å²) in [5.41, 5.74) is 3.02. The lowest BCUT2D eigenvalue weighted by Gasteiger charge is -2.33. The standard InChI is InChI=1S/C66H86FN5O15.C6H14/c1-9-44-32-49(87-8)27-28-50(44)45-25-23-43(24-26-45)31-47(63(84)69-52(54(76)10-2)22-16-19-42-17-12-11-13-18-42)33-56(78)53(35-60(82)83)70-64(85)48(38-73)34-57(79)61(40(4)74)72-65(86)66(6,36-46-20-14-15-21-51(46)67)37-58(80)62(41(5)75)71-59(81)30-29-55(77)39(3)68-7;1-5-6(2,3)4/h11-15,17-18,20-21,23-28,32,39-41,47-48,52-53,61-62,68,73-75H,9-10,16,19,22,29-31,33-38H2,1-8H3,(H,69,84)(H,70,85)(H,71,81)(H,72,86)(H,82,83);5H2,1-4H3/t39-,40+,41+,47+,48-,52?,53-,61-,62-,66+;/m0./s1. The van der Waals surface area contributed by atoms with Crippen LogP contribution >= 0.6 is 0 Å². The minimum Gasteiger partial charge on any atom is -0.497 e. The van der Waals surface area contributed by atoms with Crippen molar-refractivity contribution >= 4 is 58.5 Å². The molecule has 0 bridgehead atoms. The molecule has 9 N–H and O–H groups in total. The summed E-state index contributed by atoms with van der Waals surface area (Å²) in [6, 6.07) is 21.2. The lowest BCUT2D eigenvalue weighted by atomic mass is 9.76. The maximum Gasteiger partial charge on any atom is 0.305 e. The average Bonchev–Trinajstić information content (AvgIpc) is 0.826. The Morgan fingerprint density at radius 3 is 1.75 bits per heavy atom. The molecule has 4 rings (SSSR count). The molecule has 21 heteroatoms. The second-order valence-electron chi connectivity index (χ2n) is 25.5. The van der Waals surface area contributed by atoms with Crippen molar-refractivity contribution in [2.24, 2.45) is 22.7 Å². The number of carbonyl (C=O) groups excluding carboxylic acids is 9. The molecule has 4 aromatic carbocycles. The summed E-state index contributed by atoms with van der Waals surface area (Å²) in [7, 11) is 3.15. The monoisotopic (exact) mass is 1290 g/mol. The Labute approximate surface area is 547 Å². The largest absolute Gasteiger partial charge is 0.497 e. The zero-order chi connectivity index (χ0) is 69.8. The highest BCUT2D eigenvalue weighted by atomic mass is 19.1. The van der Waals surface area contributed by atoms with Crippen LogP contribution in [0.15, 0.2) is 97.1 Å². The van der Waals surface area contributed by atoms with Crippen molar-refractivity contribution in [1.29, 1.82) is 0 Å². The number of rotatable bonds is 39. The molecular weight excluding hydrogens is 1190 g/mol. The lowest BCUT2D eigenvalue weighted by molar-refractivity contribution is -0.142. The molecule has 4 aromatic rings. The van der Waals surface area contributed by atoms with E-state index in [1.54, 1.807) is 40.1 Å². The van der Waals surface area contributed by atoms with Crippen LogP contribution in [0.2, 0.25) is 0 Å². The predicted molar refractivity (Wildman–Crippen MR) is 353 cm³/mol. The summed E-state index contributed by atoms with van der Waals surface area (Å²) in [5.74, 6) is -11.5. The van der Waals surface area contributed by atoms with E-state index in [1.807, 2.05) is 67.6 Å². The molecule has 93 heavy (non-hydrogen) atoms. The summed E-state index contributed by atoms with van der Waals surface area (Å²) in [6.45, 7) is 16.8. The number of amides is 4. The van der Waals surface area contributed by atoms with Crippen LogP contribution in [0.4, 0.5) is 4.39 Å². The first-order valence-electron chi connectivity index (χ1n) is 32.1. The van der Waals surface area contributed by atoms with Crippen molar-refractivity contribution in [2.45, 2.75) is 202 Å². The Hall–Kier alpha value is -7.85. The number of ketones is 5. The number of Topliss-reactive ketones (excluding diaryl/α,β-unsaturated/α-hetero) is 5. The number of carboxylic acids is 1. The van der Waals surface area contributed by atoms with Crippen LogP contribution in [0.5, 0.6) is 5.75 Å². The number of aliphatic hydroxyl groups excluding tert-OH is 3. The van der Waals surface area contributed by atoms with Gasteiger partial charge in [0.1, 0.15) is 29.4 Å². The van der Waals surface area contributed by atoms with Gasteiger partial charge in [0.05, 0.1) is 61.8 Å². The summed E-state index contributed by atoms with van der Waals surface area (Å²) in [4.78, 5) is 137. The molecular formula is C72H100FN5O15. The van der Waals surface area contributed by atoms with Gasteiger partial charge in [-0.25, -0.2) is 4.39 Å². The van der Waals surface area contributed by atoms with E-state index in [2.05, 4.69) is 54.3 Å². The molecule has 0 saturated carbocycles. The number of halogens is 1. The highest BCUT2D eigenvalue weighted by Gasteiger charge is 2.43. The SMILES string of the molecule is CCC(=O)C(CCCc1ccccc1)NC(=O)[C@@H](CC(=O)[C@H](CC(=O)O)NC(=O)[C@H](CO)CC(=O)[C@@H](NC(=O)[C@@](C)(CC(=O)[C@@H](NC(=O)CCC(=O)[C@H](C)NC)[C@@H](C)O)Cc1ccccc1F)[C@@H](C)O)Cc1ccc(-c2ccc(OC)cc2CC)cc1.CCC(C)(C)C. The van der Waals surface area contributed by atoms with Crippen LogP contribution in [0.3, 0.4) is 0 Å². The van der Waals surface area contributed by atoms with Crippen LogP contribution < -0.4 is 31.3 Å². The van der Waals surface area contributed by atoms with Crippen molar-refractivity contribution < 1.29 is 77.5 Å². The number of benzene rings is 4. The molecule has 0 heterocycles.